The van der Waals surface area contributed by atoms with Gasteiger partial charge in [0.1, 0.15) is 0 Å². The summed E-state index contributed by atoms with van der Waals surface area (Å²) in [6.45, 7) is 16.1. The first-order chi connectivity index (χ1) is 11.3. The van der Waals surface area contributed by atoms with Crippen LogP contribution in [0.15, 0.2) is 0 Å². The highest BCUT2D eigenvalue weighted by molar-refractivity contribution is 5.07. The molecule has 6 aliphatic carbocycles. The summed E-state index contributed by atoms with van der Waals surface area (Å²) in [5, 5.41) is 7.66. The van der Waals surface area contributed by atoms with Crippen molar-refractivity contribution in [3.05, 3.63) is 0 Å². The van der Waals surface area contributed by atoms with E-state index >= 15 is 0 Å². The average molecular weight is 333 g/mol. The van der Waals surface area contributed by atoms with Crippen LogP contribution in [0, 0.1) is 46.3 Å². The normalized spacial score (nSPS) is 47.6. The lowest BCUT2D eigenvalue weighted by molar-refractivity contribution is -0.115. The van der Waals surface area contributed by atoms with Crippen molar-refractivity contribution in [3.63, 3.8) is 0 Å². The van der Waals surface area contributed by atoms with Gasteiger partial charge in [-0.05, 0) is 85.0 Å². The maximum atomic E-state index is 3.88. The fourth-order valence-electron chi connectivity index (χ4n) is 7.26. The van der Waals surface area contributed by atoms with Crippen LogP contribution in [0.1, 0.15) is 66.7 Å². The zero-order chi connectivity index (χ0) is 17.1. The Morgan fingerprint density at radius 1 is 0.833 bits per heavy atom. The molecular formula is C22H40N2. The number of nitrogens with one attached hydrogen (secondary N) is 2. The van der Waals surface area contributed by atoms with Gasteiger partial charge in [0.05, 0.1) is 0 Å². The number of hydrogen-bond donors (Lipinski definition) is 2. The third-order valence-electron chi connectivity index (χ3n) is 9.47. The van der Waals surface area contributed by atoms with Gasteiger partial charge in [0, 0.05) is 19.1 Å². The van der Waals surface area contributed by atoms with E-state index in [4.69, 9.17) is 0 Å². The van der Waals surface area contributed by atoms with Gasteiger partial charge in [-0.15, -0.1) is 0 Å². The van der Waals surface area contributed by atoms with Crippen molar-refractivity contribution in [1.29, 1.82) is 0 Å². The molecule has 6 saturated carbocycles. The van der Waals surface area contributed by atoms with Crippen molar-refractivity contribution in [1.82, 2.24) is 10.6 Å². The Kier molecular flexibility index (Phi) is 4.32. The van der Waals surface area contributed by atoms with Crippen molar-refractivity contribution in [2.75, 3.05) is 19.6 Å². The summed E-state index contributed by atoms with van der Waals surface area (Å²) in [5.41, 5.74) is 1.25. The highest BCUT2D eigenvalue weighted by atomic mass is 15.0. The van der Waals surface area contributed by atoms with Crippen LogP contribution < -0.4 is 10.6 Å². The van der Waals surface area contributed by atoms with Crippen molar-refractivity contribution in [2.45, 2.75) is 72.8 Å². The highest BCUT2D eigenvalue weighted by Crippen LogP contribution is 2.62. The van der Waals surface area contributed by atoms with Crippen LogP contribution >= 0.6 is 0 Å². The molecule has 0 aliphatic heterocycles. The first kappa shape index (κ1) is 17.3. The lowest BCUT2D eigenvalue weighted by atomic mass is 9.45. The number of fused-ring (bicyclic) bond motifs is 4. The van der Waals surface area contributed by atoms with Gasteiger partial charge in [-0.25, -0.2) is 0 Å². The number of rotatable bonds is 6. The van der Waals surface area contributed by atoms with Crippen LogP contribution in [0.4, 0.5) is 0 Å². The van der Waals surface area contributed by atoms with Gasteiger partial charge >= 0.3 is 0 Å². The van der Waals surface area contributed by atoms with Crippen LogP contribution in [-0.2, 0) is 0 Å². The molecule has 0 aromatic rings. The Balaban J connectivity index is 1.15. The van der Waals surface area contributed by atoms with Gasteiger partial charge in [0.15, 0.2) is 0 Å². The van der Waals surface area contributed by atoms with Gasteiger partial charge in [-0.1, -0.05) is 34.6 Å². The Morgan fingerprint density at radius 2 is 1.54 bits per heavy atom. The zero-order valence-corrected chi connectivity index (χ0v) is 16.7. The molecule has 0 heterocycles. The minimum Gasteiger partial charge on any atom is -0.315 e. The second-order valence-corrected chi connectivity index (χ2v) is 10.9. The Morgan fingerprint density at radius 3 is 2.17 bits per heavy atom. The molecule has 2 nitrogen and oxygen atoms in total. The molecule has 2 heteroatoms. The molecule has 3 unspecified atom stereocenters. The van der Waals surface area contributed by atoms with Gasteiger partial charge in [0.25, 0.3) is 0 Å². The van der Waals surface area contributed by atoms with Crippen molar-refractivity contribution in [2.24, 2.45) is 46.3 Å². The molecule has 6 rings (SSSR count). The first-order valence-electron chi connectivity index (χ1n) is 10.8. The van der Waals surface area contributed by atoms with Gasteiger partial charge in [-0.2, -0.15) is 0 Å². The molecule has 0 aromatic heterocycles. The van der Waals surface area contributed by atoms with Crippen LogP contribution in [0.3, 0.4) is 0 Å². The van der Waals surface area contributed by atoms with E-state index in [9.17, 15) is 0 Å². The standard InChI is InChI=1S/C22H40N2/c1-14-18-11-17(22(18,4)5)12-20(14)24-9-8-23-13-15-6-7-16-10-19(15)21(16,2)3/h14-20,23-24H,6-13H2,1-5H3/t14-,15-,16-,17?,18?,19+,20?/m0/s1. The lowest BCUT2D eigenvalue weighted by Gasteiger charge is -2.62. The molecule has 2 N–H and O–H groups in total. The fourth-order valence-corrected chi connectivity index (χ4v) is 7.26. The summed E-state index contributed by atoms with van der Waals surface area (Å²) >= 11 is 0. The van der Waals surface area contributed by atoms with E-state index in [2.05, 4.69) is 45.3 Å². The first-order valence-corrected chi connectivity index (χ1v) is 10.8. The number of hydrogen-bond acceptors (Lipinski definition) is 2. The summed E-state index contributed by atoms with van der Waals surface area (Å²) in [6, 6.07) is 0.768. The van der Waals surface area contributed by atoms with Crippen LogP contribution in [-0.4, -0.2) is 25.7 Å². The lowest BCUT2D eigenvalue weighted by Crippen LogP contribution is -2.60. The monoisotopic (exact) mass is 332 g/mol. The second kappa shape index (κ2) is 5.98. The largest absolute Gasteiger partial charge is 0.315 e. The van der Waals surface area contributed by atoms with E-state index in [0.717, 1.165) is 54.6 Å². The predicted molar refractivity (Wildman–Crippen MR) is 102 cm³/mol. The van der Waals surface area contributed by atoms with E-state index in [1.807, 2.05) is 0 Å². The highest BCUT2D eigenvalue weighted by Gasteiger charge is 2.56. The summed E-state index contributed by atoms with van der Waals surface area (Å²) in [4.78, 5) is 0. The Hall–Kier alpha value is -0.0800. The molecule has 6 aliphatic rings. The Bertz CT molecular complexity index is 467. The topological polar surface area (TPSA) is 24.1 Å². The fraction of sp³-hybridized carbons (Fsp3) is 1.00. The predicted octanol–water partition coefficient (Wildman–Crippen LogP) is 4.31. The van der Waals surface area contributed by atoms with Gasteiger partial charge < -0.3 is 10.6 Å². The van der Waals surface area contributed by atoms with Crippen LogP contribution in [0.2, 0.25) is 0 Å². The maximum Gasteiger partial charge on any atom is 0.00989 e. The molecule has 0 radical (unpaired) electrons. The summed E-state index contributed by atoms with van der Waals surface area (Å²) in [7, 11) is 0. The molecule has 0 spiro atoms. The minimum atomic E-state index is 0.615. The Labute approximate surface area is 149 Å². The molecule has 0 saturated heterocycles. The molecule has 0 amide bonds. The maximum absolute atomic E-state index is 3.88. The van der Waals surface area contributed by atoms with Gasteiger partial charge in [-0.3, -0.25) is 0 Å². The molecule has 24 heavy (non-hydrogen) atoms. The SMILES string of the molecule is C[C@@H]1C(NCCNC[C@@H]2CC[C@H]3C[C@H]2C3(C)C)CC2CC1C2(C)C. The van der Waals surface area contributed by atoms with E-state index in [1.54, 1.807) is 0 Å². The van der Waals surface area contributed by atoms with Crippen LogP contribution in [0.5, 0.6) is 0 Å². The van der Waals surface area contributed by atoms with Gasteiger partial charge in [0.2, 0.25) is 0 Å². The third-order valence-corrected chi connectivity index (χ3v) is 9.47. The van der Waals surface area contributed by atoms with Crippen molar-refractivity contribution >= 4 is 0 Å². The quantitative estimate of drug-likeness (QED) is 0.708. The average Bonchev–Trinajstić information content (AvgIpc) is 2.55. The van der Waals surface area contributed by atoms with Crippen molar-refractivity contribution < 1.29 is 0 Å². The van der Waals surface area contributed by atoms with Crippen molar-refractivity contribution in [3.8, 4) is 0 Å². The van der Waals surface area contributed by atoms with Crippen LogP contribution in [0.25, 0.3) is 0 Å². The smallest absolute Gasteiger partial charge is 0.00989 e. The third kappa shape index (κ3) is 2.58. The zero-order valence-electron chi connectivity index (χ0n) is 16.7. The molecule has 138 valence electrons. The summed E-state index contributed by atoms with van der Waals surface area (Å²) in [5.74, 6) is 5.74. The minimum absolute atomic E-state index is 0.615. The van der Waals surface area contributed by atoms with E-state index in [0.29, 0.717) is 10.8 Å². The molecule has 4 bridgehead atoms. The van der Waals surface area contributed by atoms with E-state index in [1.165, 1.54) is 38.6 Å². The molecule has 7 atom stereocenters. The molecule has 0 aromatic carbocycles. The summed E-state index contributed by atoms with van der Waals surface area (Å²) < 4.78 is 0. The van der Waals surface area contributed by atoms with E-state index < -0.39 is 0 Å². The second-order valence-electron chi connectivity index (χ2n) is 10.9. The van der Waals surface area contributed by atoms with E-state index in [-0.39, 0.29) is 0 Å². The summed E-state index contributed by atoms with van der Waals surface area (Å²) in [6.07, 6.45) is 7.36. The molecular weight excluding hydrogens is 292 g/mol. The molecule has 6 fully saturated rings.